The zero-order chi connectivity index (χ0) is 25.1. The number of fused-ring (bicyclic) bond motifs is 1. The van der Waals surface area contributed by atoms with E-state index < -0.39 is 0 Å². The zero-order valence-corrected chi connectivity index (χ0v) is 20.6. The average Bonchev–Trinajstić information content (AvgIpc) is 2.89. The van der Waals surface area contributed by atoms with Gasteiger partial charge in [-0.25, -0.2) is 24.1 Å². The Hall–Kier alpha value is -3.73. The average molecular weight is 495 g/mol. The molecule has 0 radical (unpaired) electrons. The lowest BCUT2D eigenvalue weighted by atomic mass is 10.0. The summed E-state index contributed by atoms with van der Waals surface area (Å²) in [6, 6.07) is 7.40. The lowest BCUT2D eigenvalue weighted by molar-refractivity contribution is 0.0984. The Bertz CT molecular complexity index is 1180. The molecule has 11 heteroatoms. The first-order valence-electron chi connectivity index (χ1n) is 12.3. The van der Waals surface area contributed by atoms with Crippen LogP contribution in [0.2, 0.25) is 0 Å². The van der Waals surface area contributed by atoms with Crippen molar-refractivity contribution >= 4 is 23.4 Å². The molecule has 3 aliphatic rings. The highest BCUT2D eigenvalue weighted by Crippen LogP contribution is 2.32. The smallest absolute Gasteiger partial charge is 0.319 e. The monoisotopic (exact) mass is 494 g/mol. The van der Waals surface area contributed by atoms with Gasteiger partial charge in [0.15, 0.2) is 17.5 Å². The summed E-state index contributed by atoms with van der Waals surface area (Å²) >= 11 is 0. The maximum atomic E-state index is 14.5. The van der Waals surface area contributed by atoms with Crippen LogP contribution in [0.15, 0.2) is 41.3 Å². The van der Waals surface area contributed by atoms with Gasteiger partial charge in [0.2, 0.25) is 0 Å². The number of aromatic nitrogens is 2. The quantitative estimate of drug-likeness (QED) is 0.600. The molecule has 0 bridgehead atoms. The maximum absolute atomic E-state index is 14.5. The Balaban J connectivity index is 1.49. The second-order valence-corrected chi connectivity index (χ2v) is 8.98. The minimum Gasteiger partial charge on any atom is -0.377 e. The number of aliphatic imine (C=N–C) groups is 1. The zero-order valence-electron chi connectivity index (χ0n) is 20.6. The Morgan fingerprint density at radius 3 is 2.83 bits per heavy atom. The Morgan fingerprint density at radius 1 is 1.25 bits per heavy atom. The molecule has 1 atom stereocenters. The van der Waals surface area contributed by atoms with Crippen LogP contribution < -0.4 is 20.9 Å². The van der Waals surface area contributed by atoms with Crippen molar-refractivity contribution in [2.24, 2.45) is 4.99 Å². The van der Waals surface area contributed by atoms with Gasteiger partial charge in [-0.2, -0.15) is 0 Å². The number of carbonyl (C=O) groups is 1. The van der Waals surface area contributed by atoms with Crippen LogP contribution in [0.3, 0.4) is 0 Å². The largest absolute Gasteiger partial charge is 0.377 e. The molecule has 0 spiro atoms. The van der Waals surface area contributed by atoms with Gasteiger partial charge >= 0.3 is 6.03 Å². The third-order valence-corrected chi connectivity index (χ3v) is 6.48. The first-order valence-corrected chi connectivity index (χ1v) is 12.3. The fourth-order valence-corrected chi connectivity index (χ4v) is 4.69. The molecule has 3 aliphatic heterocycles. The summed E-state index contributed by atoms with van der Waals surface area (Å²) in [5.41, 5.74) is 3.49. The molecule has 1 fully saturated rings. The van der Waals surface area contributed by atoms with Gasteiger partial charge < -0.3 is 30.5 Å². The number of morpholine rings is 1. The normalized spacial score (nSPS) is 19.6. The topological polar surface area (TPSA) is 107 Å². The number of amides is 2. The standard InChI is InChI=1S/C25H31FN8O2/c1-3-28-25(35)30-18-6-4-17(5-7-18)22-31-21-13-33(24-20(26)12-27-15-29-24)9-8-19(21)23(32-22)34-10-11-36-14-16(34)2/h4-7,12,16,27H,3,8-11,13-15H2,1-2H3,(H2,28,30,35)/t16-/m0/s1. The molecule has 4 heterocycles. The first kappa shape index (κ1) is 24.0. The second kappa shape index (κ2) is 10.5. The number of nitrogens with one attached hydrogen (secondary N) is 3. The van der Waals surface area contributed by atoms with Crippen LogP contribution in [0.5, 0.6) is 0 Å². The lowest BCUT2D eigenvalue weighted by Crippen LogP contribution is -2.46. The molecular formula is C25H31FN8O2. The van der Waals surface area contributed by atoms with Gasteiger partial charge in [-0.1, -0.05) is 0 Å². The van der Waals surface area contributed by atoms with Crippen LogP contribution in [0, 0.1) is 0 Å². The van der Waals surface area contributed by atoms with Gasteiger partial charge in [0.1, 0.15) is 12.5 Å². The van der Waals surface area contributed by atoms with Crippen LogP contribution in [-0.4, -0.2) is 72.3 Å². The molecule has 10 nitrogen and oxygen atoms in total. The third-order valence-electron chi connectivity index (χ3n) is 6.48. The first-order chi connectivity index (χ1) is 17.5. The van der Waals surface area contributed by atoms with Gasteiger partial charge in [-0.05, 0) is 44.5 Å². The van der Waals surface area contributed by atoms with E-state index in [1.807, 2.05) is 36.1 Å². The van der Waals surface area contributed by atoms with E-state index in [0.29, 0.717) is 63.3 Å². The van der Waals surface area contributed by atoms with Crippen molar-refractivity contribution < 1.29 is 13.9 Å². The van der Waals surface area contributed by atoms with Crippen LogP contribution in [0.4, 0.5) is 20.7 Å². The second-order valence-electron chi connectivity index (χ2n) is 8.98. The van der Waals surface area contributed by atoms with Gasteiger partial charge in [0.05, 0.1) is 31.5 Å². The number of anilines is 2. The molecule has 0 saturated carbocycles. The summed E-state index contributed by atoms with van der Waals surface area (Å²) in [6.07, 6.45) is 2.06. The van der Waals surface area contributed by atoms with Gasteiger partial charge in [0.25, 0.3) is 0 Å². The molecule has 2 amide bonds. The Morgan fingerprint density at radius 2 is 2.08 bits per heavy atom. The van der Waals surface area contributed by atoms with Gasteiger partial charge in [-0.15, -0.1) is 0 Å². The van der Waals surface area contributed by atoms with Crippen molar-refractivity contribution in [1.82, 2.24) is 25.5 Å². The Labute approximate surface area is 209 Å². The van der Waals surface area contributed by atoms with E-state index in [1.165, 1.54) is 6.20 Å². The highest BCUT2D eigenvalue weighted by Gasteiger charge is 2.31. The van der Waals surface area contributed by atoms with Crippen molar-refractivity contribution in [2.75, 3.05) is 49.7 Å². The fourth-order valence-electron chi connectivity index (χ4n) is 4.69. The lowest BCUT2D eigenvalue weighted by Gasteiger charge is -2.38. The minimum atomic E-state index is -0.365. The van der Waals surface area contributed by atoms with E-state index >= 15 is 0 Å². The van der Waals surface area contributed by atoms with Crippen LogP contribution in [0.1, 0.15) is 25.1 Å². The van der Waals surface area contributed by atoms with Crippen molar-refractivity contribution in [3.63, 3.8) is 0 Å². The van der Waals surface area contributed by atoms with E-state index in [4.69, 9.17) is 14.7 Å². The molecular weight excluding hydrogens is 463 g/mol. The molecule has 1 aromatic carbocycles. The maximum Gasteiger partial charge on any atom is 0.319 e. The number of benzene rings is 1. The SMILES string of the molecule is CCNC(=O)Nc1ccc(-c2nc3c(c(N4CCOC[C@@H]4C)n2)CCN(C2=NCNC=C2F)C3)cc1. The predicted molar refractivity (Wildman–Crippen MR) is 137 cm³/mol. The molecule has 3 N–H and O–H groups in total. The fraction of sp³-hybridized carbons (Fsp3) is 0.440. The Kier molecular flexibility index (Phi) is 6.99. The number of urea groups is 1. The molecule has 0 aliphatic carbocycles. The molecule has 36 heavy (non-hydrogen) atoms. The number of halogens is 1. The summed E-state index contributed by atoms with van der Waals surface area (Å²) in [7, 11) is 0. The van der Waals surface area contributed by atoms with Crippen LogP contribution >= 0.6 is 0 Å². The summed E-state index contributed by atoms with van der Waals surface area (Å²) < 4.78 is 20.1. The van der Waals surface area contributed by atoms with Crippen LogP contribution in [-0.2, 0) is 17.7 Å². The molecule has 2 aromatic rings. The third kappa shape index (κ3) is 4.97. The predicted octanol–water partition coefficient (Wildman–Crippen LogP) is 2.64. The van der Waals surface area contributed by atoms with E-state index in [-0.39, 0.29) is 17.9 Å². The number of rotatable bonds is 4. The highest BCUT2D eigenvalue weighted by molar-refractivity contribution is 5.97. The molecule has 190 valence electrons. The molecule has 5 rings (SSSR count). The number of hydrogen-bond acceptors (Lipinski definition) is 8. The minimum absolute atomic E-state index is 0.182. The number of amidine groups is 1. The van der Waals surface area contributed by atoms with Crippen molar-refractivity contribution in [1.29, 1.82) is 0 Å². The number of nitrogens with zero attached hydrogens (tertiary/aromatic N) is 5. The number of hydrogen-bond donors (Lipinski definition) is 3. The molecule has 1 saturated heterocycles. The number of carbonyl (C=O) groups excluding carboxylic acids is 1. The van der Waals surface area contributed by atoms with Gasteiger partial charge in [0, 0.05) is 42.6 Å². The van der Waals surface area contributed by atoms with E-state index in [9.17, 15) is 9.18 Å². The number of ether oxygens (including phenoxy) is 1. The van der Waals surface area contributed by atoms with Crippen molar-refractivity contribution in [3.8, 4) is 11.4 Å². The van der Waals surface area contributed by atoms with E-state index in [0.717, 1.165) is 29.2 Å². The van der Waals surface area contributed by atoms with E-state index in [1.54, 1.807) is 0 Å². The highest BCUT2D eigenvalue weighted by atomic mass is 19.1. The summed E-state index contributed by atoms with van der Waals surface area (Å²) in [5.74, 6) is 1.51. The summed E-state index contributed by atoms with van der Waals surface area (Å²) in [4.78, 5) is 30.4. The van der Waals surface area contributed by atoms with Crippen LogP contribution in [0.25, 0.3) is 11.4 Å². The summed E-state index contributed by atoms with van der Waals surface area (Å²) in [6.45, 7) is 8.03. The molecule has 1 aromatic heterocycles. The molecule has 0 unspecified atom stereocenters. The van der Waals surface area contributed by atoms with E-state index in [2.05, 4.69) is 32.8 Å². The van der Waals surface area contributed by atoms with Crippen molar-refractivity contribution in [3.05, 3.63) is 47.5 Å². The summed E-state index contributed by atoms with van der Waals surface area (Å²) in [5, 5.41) is 8.33. The van der Waals surface area contributed by atoms with Crippen molar-refractivity contribution in [2.45, 2.75) is 32.9 Å². The van der Waals surface area contributed by atoms with Gasteiger partial charge in [-0.3, -0.25) is 0 Å².